The number of nitrogens with one attached hydrogen (secondary N) is 1. The number of amides is 3. The fourth-order valence-corrected chi connectivity index (χ4v) is 3.61. The molecule has 0 bridgehead atoms. The van der Waals surface area contributed by atoms with Crippen LogP contribution in [-0.2, 0) is 4.79 Å². The van der Waals surface area contributed by atoms with Gasteiger partial charge in [-0.3, -0.25) is 4.79 Å². The van der Waals surface area contributed by atoms with E-state index in [0.717, 1.165) is 24.8 Å². The fraction of sp³-hybridized carbons (Fsp3) is 0.556. The van der Waals surface area contributed by atoms with Crippen LogP contribution in [0.2, 0.25) is 5.02 Å². The van der Waals surface area contributed by atoms with E-state index in [1.165, 1.54) is 4.90 Å². The minimum atomic E-state index is -1.17. The van der Waals surface area contributed by atoms with Crippen LogP contribution >= 0.6 is 11.6 Å². The third-order valence-corrected chi connectivity index (χ3v) is 5.29. The Morgan fingerprint density at radius 2 is 1.96 bits per heavy atom. The Hall–Kier alpha value is -1.82. The molecule has 2 aliphatic heterocycles. The molecule has 0 aromatic heterocycles. The largest absolute Gasteiger partial charge is 0.341 e. The zero-order chi connectivity index (χ0) is 18.0. The molecule has 0 unspecified atom stereocenters. The van der Waals surface area contributed by atoms with E-state index in [0.29, 0.717) is 23.8 Å². The first-order valence-corrected chi connectivity index (χ1v) is 9.10. The van der Waals surface area contributed by atoms with Gasteiger partial charge in [-0.05, 0) is 43.9 Å². The molecule has 2 heterocycles. The van der Waals surface area contributed by atoms with E-state index in [1.54, 1.807) is 23.1 Å². The monoisotopic (exact) mass is 367 g/mol. The van der Waals surface area contributed by atoms with Crippen molar-refractivity contribution in [1.82, 2.24) is 9.80 Å². The van der Waals surface area contributed by atoms with Crippen molar-refractivity contribution in [2.75, 3.05) is 25.0 Å². The molecule has 0 radical (unpaired) electrons. The molecular weight excluding hydrogens is 345 g/mol. The van der Waals surface area contributed by atoms with Crippen LogP contribution in [-0.4, -0.2) is 53.6 Å². The van der Waals surface area contributed by atoms with Gasteiger partial charge in [0, 0.05) is 30.2 Å². The van der Waals surface area contributed by atoms with Gasteiger partial charge in [0.2, 0.25) is 5.91 Å². The number of rotatable bonds is 2. The molecule has 1 aromatic rings. The van der Waals surface area contributed by atoms with Gasteiger partial charge in [0.1, 0.15) is 12.2 Å². The summed E-state index contributed by atoms with van der Waals surface area (Å²) in [5.74, 6) is -0.142. The van der Waals surface area contributed by atoms with Crippen LogP contribution in [0.15, 0.2) is 18.2 Å². The van der Waals surface area contributed by atoms with Crippen LogP contribution in [0.1, 0.15) is 31.2 Å². The molecule has 2 atom stereocenters. The van der Waals surface area contributed by atoms with Crippen LogP contribution in [0, 0.1) is 6.92 Å². The Morgan fingerprint density at radius 1 is 1.24 bits per heavy atom. The average molecular weight is 368 g/mol. The first kappa shape index (κ1) is 18.0. The third-order valence-electron chi connectivity index (χ3n) is 4.89. The summed E-state index contributed by atoms with van der Waals surface area (Å²) in [5.41, 5.74) is 1.44. The van der Waals surface area contributed by atoms with Crippen LogP contribution < -0.4 is 5.32 Å². The lowest BCUT2D eigenvalue weighted by atomic mass is 10.1. The molecule has 3 amide bonds. The van der Waals surface area contributed by atoms with E-state index in [-0.39, 0.29) is 18.9 Å². The van der Waals surface area contributed by atoms with Crippen LogP contribution in [0.25, 0.3) is 0 Å². The quantitative estimate of drug-likeness (QED) is 0.868. The molecule has 5 nitrogen and oxygen atoms in total. The second-order valence-electron chi connectivity index (χ2n) is 6.78. The van der Waals surface area contributed by atoms with Crippen molar-refractivity contribution >= 4 is 29.2 Å². The molecule has 7 heteroatoms. The van der Waals surface area contributed by atoms with Crippen molar-refractivity contribution in [2.45, 2.75) is 44.8 Å². The number of carbonyl (C=O) groups excluding carboxylic acids is 2. The maximum Gasteiger partial charge on any atom is 0.322 e. The van der Waals surface area contributed by atoms with Gasteiger partial charge in [0.25, 0.3) is 0 Å². The van der Waals surface area contributed by atoms with Crippen molar-refractivity contribution in [1.29, 1.82) is 0 Å². The van der Waals surface area contributed by atoms with Crippen molar-refractivity contribution in [3.8, 4) is 0 Å². The predicted octanol–water partition coefficient (Wildman–Crippen LogP) is 3.61. The van der Waals surface area contributed by atoms with Gasteiger partial charge in [0.05, 0.1) is 6.54 Å². The number of hydrogen-bond acceptors (Lipinski definition) is 2. The minimum absolute atomic E-state index is 0.0598. The summed E-state index contributed by atoms with van der Waals surface area (Å²) in [4.78, 5) is 28.4. The highest BCUT2D eigenvalue weighted by molar-refractivity contribution is 6.31. The zero-order valence-corrected chi connectivity index (χ0v) is 15.1. The Bertz CT molecular complexity index is 664. The van der Waals surface area contributed by atoms with E-state index in [1.807, 2.05) is 6.92 Å². The topological polar surface area (TPSA) is 52.7 Å². The molecule has 1 aromatic carbocycles. The molecule has 2 aliphatic rings. The normalized spacial score (nSPS) is 23.6. The van der Waals surface area contributed by atoms with E-state index < -0.39 is 18.2 Å². The lowest BCUT2D eigenvalue weighted by Gasteiger charge is -2.32. The van der Waals surface area contributed by atoms with Crippen LogP contribution in [0.3, 0.4) is 0 Å². The third kappa shape index (κ3) is 4.06. The number of nitrogens with zero attached hydrogens (tertiary/aromatic N) is 2. The lowest BCUT2D eigenvalue weighted by molar-refractivity contribution is -0.136. The number of aryl methyl sites for hydroxylation is 1. The number of benzene rings is 1. The number of likely N-dealkylation sites (tertiary alicyclic amines) is 2. The van der Waals surface area contributed by atoms with Crippen molar-refractivity contribution in [3.05, 3.63) is 28.8 Å². The Labute approximate surface area is 152 Å². The predicted molar refractivity (Wildman–Crippen MR) is 95.6 cm³/mol. The van der Waals surface area contributed by atoms with Crippen molar-refractivity contribution in [3.63, 3.8) is 0 Å². The molecule has 0 spiro atoms. The van der Waals surface area contributed by atoms with Crippen molar-refractivity contribution < 1.29 is 14.0 Å². The van der Waals surface area contributed by atoms with E-state index in [4.69, 9.17) is 11.6 Å². The maximum absolute atomic E-state index is 14.0. The molecule has 25 heavy (non-hydrogen) atoms. The fourth-order valence-electron chi connectivity index (χ4n) is 3.43. The molecule has 0 aliphatic carbocycles. The second-order valence-corrected chi connectivity index (χ2v) is 7.19. The summed E-state index contributed by atoms with van der Waals surface area (Å²) in [6.45, 7) is 3.19. The number of piperidine rings is 1. The second kappa shape index (κ2) is 7.60. The summed E-state index contributed by atoms with van der Waals surface area (Å²) < 4.78 is 14.0. The Kier molecular flexibility index (Phi) is 5.47. The molecule has 2 saturated heterocycles. The van der Waals surface area contributed by atoms with Gasteiger partial charge in [0.15, 0.2) is 0 Å². The Morgan fingerprint density at radius 3 is 2.64 bits per heavy atom. The maximum atomic E-state index is 14.0. The van der Waals surface area contributed by atoms with Gasteiger partial charge in [-0.2, -0.15) is 0 Å². The zero-order valence-electron chi connectivity index (χ0n) is 14.3. The van der Waals surface area contributed by atoms with Gasteiger partial charge in [-0.25, -0.2) is 9.18 Å². The summed E-state index contributed by atoms with van der Waals surface area (Å²) in [6.07, 6.45) is 1.93. The first-order valence-electron chi connectivity index (χ1n) is 8.72. The number of anilines is 1. The molecule has 1 N–H and O–H groups in total. The summed E-state index contributed by atoms with van der Waals surface area (Å²) in [6, 6.07) is 4.00. The number of alkyl halides is 1. The minimum Gasteiger partial charge on any atom is -0.341 e. The van der Waals surface area contributed by atoms with Gasteiger partial charge >= 0.3 is 6.03 Å². The molecule has 3 rings (SSSR count). The number of carbonyl (C=O) groups is 2. The lowest BCUT2D eigenvalue weighted by Crippen LogP contribution is -2.50. The first-order chi connectivity index (χ1) is 12.0. The molecule has 136 valence electrons. The highest BCUT2D eigenvalue weighted by Crippen LogP contribution is 2.26. The number of hydrogen-bond donors (Lipinski definition) is 1. The van der Waals surface area contributed by atoms with E-state index in [9.17, 15) is 14.0 Å². The molecular formula is C18H23ClFN3O2. The highest BCUT2D eigenvalue weighted by Gasteiger charge is 2.41. The highest BCUT2D eigenvalue weighted by atomic mass is 35.5. The summed E-state index contributed by atoms with van der Waals surface area (Å²) >= 11 is 6.08. The van der Waals surface area contributed by atoms with E-state index in [2.05, 4.69) is 5.32 Å². The molecule has 2 fully saturated rings. The van der Waals surface area contributed by atoms with E-state index >= 15 is 0 Å². The van der Waals surface area contributed by atoms with Crippen LogP contribution in [0.4, 0.5) is 14.9 Å². The summed E-state index contributed by atoms with van der Waals surface area (Å²) in [7, 11) is 0. The van der Waals surface area contributed by atoms with Gasteiger partial charge in [-0.1, -0.05) is 17.7 Å². The number of urea groups is 1. The average Bonchev–Trinajstić information content (AvgIpc) is 3.00. The smallest absolute Gasteiger partial charge is 0.322 e. The van der Waals surface area contributed by atoms with Crippen molar-refractivity contribution in [2.24, 2.45) is 0 Å². The Balaban J connectivity index is 1.70. The van der Waals surface area contributed by atoms with Crippen LogP contribution in [0.5, 0.6) is 0 Å². The van der Waals surface area contributed by atoms with Gasteiger partial charge < -0.3 is 15.1 Å². The molecule has 0 saturated carbocycles. The SMILES string of the molecule is Cc1ccc(NC(=O)N2C[C@@H](F)C[C@H]2C(=O)N2CCCCC2)cc1Cl. The standard InChI is InChI=1S/C18H23ClFN3O2/c1-12-5-6-14(10-15(12)19)21-18(25)23-11-13(20)9-16(23)17(24)22-7-3-2-4-8-22/h5-6,10,13,16H,2-4,7-9,11H2,1H3,(H,21,25)/t13-,16-/m0/s1. The number of halogens is 2. The summed E-state index contributed by atoms with van der Waals surface area (Å²) in [5, 5.41) is 3.27. The van der Waals surface area contributed by atoms with Gasteiger partial charge in [-0.15, -0.1) is 0 Å².